The Morgan fingerprint density at radius 2 is 1.89 bits per heavy atom. The highest BCUT2D eigenvalue weighted by atomic mass is 35.5. The lowest BCUT2D eigenvalue weighted by Crippen LogP contribution is -2.34. The van der Waals surface area contributed by atoms with Crippen molar-refractivity contribution in [1.29, 1.82) is 0 Å². The van der Waals surface area contributed by atoms with E-state index in [0.717, 1.165) is 22.2 Å². The van der Waals surface area contributed by atoms with Crippen LogP contribution in [0.15, 0.2) is 54.6 Å². The van der Waals surface area contributed by atoms with Gasteiger partial charge >= 0.3 is 0 Å². The first-order valence-corrected chi connectivity index (χ1v) is 9.00. The Labute approximate surface area is 163 Å². The number of pyridine rings is 1. The minimum Gasteiger partial charge on any atom is -0.497 e. The first kappa shape index (κ1) is 19.1. The molecule has 1 atom stereocenters. The van der Waals surface area contributed by atoms with E-state index in [4.69, 9.17) is 16.3 Å². The van der Waals surface area contributed by atoms with Crippen LogP contribution in [-0.2, 0) is 0 Å². The standard InChI is InChI=1S/C21H22ClN3O2/c1-25(2)19(14-4-8-17(27-3)9-5-14)13-23-21(26)16-6-10-18-15(12-16)7-11-20(22)24-18/h4-12,19H,13H2,1-3H3,(H,23,26). The van der Waals surface area contributed by atoms with Crippen LogP contribution in [0.25, 0.3) is 10.9 Å². The second kappa shape index (κ2) is 8.37. The summed E-state index contributed by atoms with van der Waals surface area (Å²) in [7, 11) is 5.63. The molecule has 3 aromatic rings. The Morgan fingerprint density at radius 1 is 1.15 bits per heavy atom. The van der Waals surface area contributed by atoms with Gasteiger partial charge in [-0.1, -0.05) is 23.7 Å². The smallest absolute Gasteiger partial charge is 0.251 e. The molecule has 1 aromatic heterocycles. The lowest BCUT2D eigenvalue weighted by molar-refractivity contribution is 0.0942. The predicted molar refractivity (Wildman–Crippen MR) is 109 cm³/mol. The molecule has 27 heavy (non-hydrogen) atoms. The molecule has 6 heteroatoms. The van der Waals surface area contributed by atoms with Gasteiger partial charge in [0.2, 0.25) is 0 Å². The summed E-state index contributed by atoms with van der Waals surface area (Å²) in [5.74, 6) is 0.692. The van der Waals surface area contributed by atoms with E-state index in [1.807, 2.05) is 56.6 Å². The number of nitrogens with one attached hydrogen (secondary N) is 1. The second-order valence-corrected chi connectivity index (χ2v) is 6.89. The third-order valence-corrected chi connectivity index (χ3v) is 4.71. The van der Waals surface area contributed by atoms with Gasteiger partial charge in [0.25, 0.3) is 5.91 Å². The van der Waals surface area contributed by atoms with E-state index in [1.54, 1.807) is 19.2 Å². The summed E-state index contributed by atoms with van der Waals surface area (Å²) in [5.41, 5.74) is 2.47. The highest BCUT2D eigenvalue weighted by Gasteiger charge is 2.16. The summed E-state index contributed by atoms with van der Waals surface area (Å²) >= 11 is 5.91. The Bertz CT molecular complexity index is 942. The van der Waals surface area contributed by atoms with Gasteiger partial charge in [-0.3, -0.25) is 4.79 Å². The predicted octanol–water partition coefficient (Wildman–Crippen LogP) is 3.93. The lowest BCUT2D eigenvalue weighted by atomic mass is 10.1. The van der Waals surface area contributed by atoms with Crippen molar-refractivity contribution in [3.05, 3.63) is 70.9 Å². The molecule has 0 aliphatic carbocycles. The summed E-state index contributed by atoms with van der Waals surface area (Å²) in [5, 5.41) is 4.34. The minimum atomic E-state index is -0.118. The Balaban J connectivity index is 1.72. The monoisotopic (exact) mass is 383 g/mol. The number of methoxy groups -OCH3 is 1. The fourth-order valence-corrected chi connectivity index (χ4v) is 3.11. The van der Waals surface area contributed by atoms with Gasteiger partial charge in [0, 0.05) is 17.5 Å². The lowest BCUT2D eigenvalue weighted by Gasteiger charge is -2.25. The van der Waals surface area contributed by atoms with Crippen LogP contribution in [0.1, 0.15) is 22.0 Å². The van der Waals surface area contributed by atoms with Gasteiger partial charge < -0.3 is 15.0 Å². The van der Waals surface area contributed by atoms with Gasteiger partial charge in [0.1, 0.15) is 10.9 Å². The largest absolute Gasteiger partial charge is 0.497 e. The topological polar surface area (TPSA) is 54.5 Å². The van der Waals surface area contributed by atoms with Crippen molar-refractivity contribution in [1.82, 2.24) is 15.2 Å². The van der Waals surface area contributed by atoms with Crippen molar-refractivity contribution < 1.29 is 9.53 Å². The number of likely N-dealkylation sites (N-methyl/N-ethyl adjacent to an activating group) is 1. The average Bonchev–Trinajstić information content (AvgIpc) is 2.67. The third kappa shape index (κ3) is 4.56. The van der Waals surface area contributed by atoms with Gasteiger partial charge in [-0.15, -0.1) is 0 Å². The van der Waals surface area contributed by atoms with Crippen LogP contribution < -0.4 is 10.1 Å². The molecule has 140 valence electrons. The molecule has 5 nitrogen and oxygen atoms in total. The normalized spacial score (nSPS) is 12.2. The Morgan fingerprint density at radius 3 is 2.56 bits per heavy atom. The maximum absolute atomic E-state index is 12.6. The van der Waals surface area contributed by atoms with E-state index in [0.29, 0.717) is 17.3 Å². The molecule has 0 saturated heterocycles. The van der Waals surface area contributed by atoms with Crippen molar-refractivity contribution in [2.24, 2.45) is 0 Å². The van der Waals surface area contributed by atoms with E-state index in [1.165, 1.54) is 0 Å². The van der Waals surface area contributed by atoms with E-state index in [9.17, 15) is 4.79 Å². The number of hydrogen-bond donors (Lipinski definition) is 1. The number of fused-ring (bicyclic) bond motifs is 1. The van der Waals surface area contributed by atoms with Crippen LogP contribution in [0.3, 0.4) is 0 Å². The number of benzene rings is 2. The summed E-state index contributed by atoms with van der Waals surface area (Å²) in [4.78, 5) is 18.9. The fraction of sp³-hybridized carbons (Fsp3) is 0.238. The molecule has 0 bridgehead atoms. The van der Waals surface area contributed by atoms with Crippen molar-refractivity contribution >= 4 is 28.4 Å². The number of carbonyl (C=O) groups excluding carboxylic acids is 1. The molecule has 0 aliphatic rings. The van der Waals surface area contributed by atoms with Crippen molar-refractivity contribution in [2.75, 3.05) is 27.7 Å². The minimum absolute atomic E-state index is 0.0563. The maximum Gasteiger partial charge on any atom is 0.251 e. The zero-order valence-corrected chi connectivity index (χ0v) is 16.3. The Hall–Kier alpha value is -2.63. The molecule has 0 radical (unpaired) electrons. The SMILES string of the molecule is COc1ccc(C(CNC(=O)c2ccc3nc(Cl)ccc3c2)N(C)C)cc1. The Kier molecular flexibility index (Phi) is 5.94. The van der Waals surface area contributed by atoms with Crippen LogP contribution in [-0.4, -0.2) is 43.5 Å². The van der Waals surface area contributed by atoms with Crippen LogP contribution >= 0.6 is 11.6 Å². The zero-order valence-electron chi connectivity index (χ0n) is 15.6. The van der Waals surface area contributed by atoms with E-state index in [-0.39, 0.29) is 11.9 Å². The van der Waals surface area contributed by atoms with Gasteiger partial charge in [-0.2, -0.15) is 0 Å². The number of nitrogens with zero attached hydrogens (tertiary/aromatic N) is 2. The molecule has 0 fully saturated rings. The molecule has 1 N–H and O–H groups in total. The molecule has 3 rings (SSSR count). The number of ether oxygens (including phenoxy) is 1. The number of amides is 1. The van der Waals surface area contributed by atoms with Crippen LogP contribution in [0, 0.1) is 0 Å². The molecule has 1 unspecified atom stereocenters. The summed E-state index contributed by atoms with van der Waals surface area (Å²) in [6.45, 7) is 0.495. The highest BCUT2D eigenvalue weighted by molar-refractivity contribution is 6.29. The molecule has 1 heterocycles. The van der Waals surface area contributed by atoms with Crippen LogP contribution in [0.4, 0.5) is 0 Å². The zero-order chi connectivity index (χ0) is 19.4. The highest BCUT2D eigenvalue weighted by Crippen LogP contribution is 2.21. The van der Waals surface area contributed by atoms with Gasteiger partial charge in [-0.05, 0) is 62.1 Å². The van der Waals surface area contributed by atoms with Gasteiger partial charge in [-0.25, -0.2) is 4.98 Å². The third-order valence-electron chi connectivity index (χ3n) is 4.50. The van der Waals surface area contributed by atoms with E-state index in [2.05, 4.69) is 15.2 Å². The van der Waals surface area contributed by atoms with Crippen LogP contribution in [0.5, 0.6) is 5.75 Å². The van der Waals surface area contributed by atoms with Gasteiger partial charge in [0.15, 0.2) is 0 Å². The quantitative estimate of drug-likeness (QED) is 0.655. The molecule has 2 aromatic carbocycles. The maximum atomic E-state index is 12.6. The van der Waals surface area contributed by atoms with Crippen molar-refractivity contribution in [3.8, 4) is 5.75 Å². The molecule has 0 aliphatic heterocycles. The summed E-state index contributed by atoms with van der Waals surface area (Å²) in [6, 6.07) is 16.9. The molecule has 1 amide bonds. The summed E-state index contributed by atoms with van der Waals surface area (Å²) in [6.07, 6.45) is 0. The fourth-order valence-electron chi connectivity index (χ4n) is 2.96. The second-order valence-electron chi connectivity index (χ2n) is 6.50. The number of aromatic nitrogens is 1. The van der Waals surface area contributed by atoms with Crippen molar-refractivity contribution in [2.45, 2.75) is 6.04 Å². The molecular weight excluding hydrogens is 362 g/mol. The van der Waals surface area contributed by atoms with Crippen LogP contribution in [0.2, 0.25) is 5.15 Å². The average molecular weight is 384 g/mol. The first-order chi connectivity index (χ1) is 13.0. The van der Waals surface area contributed by atoms with Gasteiger partial charge in [0.05, 0.1) is 18.7 Å². The number of hydrogen-bond acceptors (Lipinski definition) is 4. The van der Waals surface area contributed by atoms with E-state index >= 15 is 0 Å². The van der Waals surface area contributed by atoms with Crippen molar-refractivity contribution in [3.63, 3.8) is 0 Å². The molecular formula is C21H22ClN3O2. The first-order valence-electron chi connectivity index (χ1n) is 8.63. The summed E-state index contributed by atoms with van der Waals surface area (Å²) < 4.78 is 5.21. The molecule has 0 saturated carbocycles. The number of carbonyl (C=O) groups is 1. The van der Waals surface area contributed by atoms with E-state index < -0.39 is 0 Å². The molecule has 0 spiro atoms. The number of halogens is 1. The number of rotatable bonds is 6.